The monoisotopic (exact) mass is 674 g/mol. The van der Waals surface area contributed by atoms with E-state index in [2.05, 4.69) is 6.92 Å². The highest BCUT2D eigenvalue weighted by Crippen LogP contribution is 2.39. The second-order valence-electron chi connectivity index (χ2n) is 12.7. The minimum Gasteiger partial charge on any atom is -0.507 e. The predicted octanol–water partition coefficient (Wildman–Crippen LogP) is 9.30. The highest BCUT2D eigenvalue weighted by atomic mass is 16.5. The molecule has 6 aromatic rings. The van der Waals surface area contributed by atoms with Crippen molar-refractivity contribution in [2.45, 2.75) is 39.0 Å². The van der Waals surface area contributed by atoms with Gasteiger partial charge in [-0.15, -0.1) is 0 Å². The molecule has 254 valence electrons. The molecule has 1 N–H and O–H groups in total. The Morgan fingerprint density at radius 3 is 1.18 bits per heavy atom. The molecule has 0 unspecified atom stereocenters. The van der Waals surface area contributed by atoms with Crippen LogP contribution in [0.1, 0.15) is 78.6 Å². The van der Waals surface area contributed by atoms with Crippen molar-refractivity contribution in [3.63, 3.8) is 0 Å². The van der Waals surface area contributed by atoms with Crippen LogP contribution in [0.15, 0.2) is 133 Å². The molecule has 1 aliphatic rings. The van der Waals surface area contributed by atoms with Crippen molar-refractivity contribution in [1.82, 2.24) is 0 Å². The first kappa shape index (κ1) is 33.4. The summed E-state index contributed by atoms with van der Waals surface area (Å²) in [5, 5.41) is 11.7. The standard InChI is InChI=1S/C45H38O6/c1-2-25-49-41-34-19-10-20-35(41)28-37-22-12-24-39(43(37)51-45(48)31-15-7-4-8-16-31)29-38-23-11-21-36(27-33-18-9-17-32(26-34)40(33)46)42(38)50-44(47)30-13-5-3-6-14-30/h3-24,46H,2,25-29H2,1H3. The van der Waals surface area contributed by atoms with Crippen molar-refractivity contribution in [1.29, 1.82) is 0 Å². The molecule has 0 heterocycles. The number of fused-ring (bicyclic) bond motifs is 8. The molecule has 7 rings (SSSR count). The lowest BCUT2D eigenvalue weighted by Crippen LogP contribution is -2.14. The van der Waals surface area contributed by atoms with Crippen LogP contribution >= 0.6 is 0 Å². The second-order valence-corrected chi connectivity index (χ2v) is 12.7. The number of ether oxygens (including phenoxy) is 3. The van der Waals surface area contributed by atoms with Crippen LogP contribution in [0.2, 0.25) is 0 Å². The molecule has 0 amide bonds. The lowest BCUT2D eigenvalue weighted by Gasteiger charge is -2.21. The van der Waals surface area contributed by atoms with E-state index in [0.717, 1.165) is 51.1 Å². The Balaban J connectivity index is 1.42. The first-order valence-electron chi connectivity index (χ1n) is 17.3. The maximum Gasteiger partial charge on any atom is 0.343 e. The lowest BCUT2D eigenvalue weighted by atomic mass is 9.91. The summed E-state index contributed by atoms with van der Waals surface area (Å²) in [5.41, 5.74) is 7.27. The van der Waals surface area contributed by atoms with Crippen molar-refractivity contribution in [2.75, 3.05) is 6.61 Å². The zero-order valence-electron chi connectivity index (χ0n) is 28.4. The van der Waals surface area contributed by atoms with Gasteiger partial charge in [0.2, 0.25) is 0 Å². The average molecular weight is 675 g/mol. The Kier molecular flexibility index (Phi) is 9.93. The summed E-state index contributed by atoms with van der Waals surface area (Å²) in [4.78, 5) is 27.2. The van der Waals surface area contributed by atoms with Crippen LogP contribution in [0.3, 0.4) is 0 Å². The molecule has 0 spiro atoms. The molecule has 1 aliphatic carbocycles. The molecule has 51 heavy (non-hydrogen) atoms. The molecule has 0 fully saturated rings. The van der Waals surface area contributed by atoms with Crippen molar-refractivity contribution < 1.29 is 28.9 Å². The number of para-hydroxylation sites is 4. The van der Waals surface area contributed by atoms with E-state index in [1.165, 1.54) is 0 Å². The van der Waals surface area contributed by atoms with Crippen molar-refractivity contribution >= 4 is 11.9 Å². The van der Waals surface area contributed by atoms with Crippen molar-refractivity contribution in [2.24, 2.45) is 0 Å². The Bertz CT molecular complexity index is 2190. The van der Waals surface area contributed by atoms with E-state index in [1.807, 2.05) is 97.1 Å². The minimum atomic E-state index is -0.487. The van der Waals surface area contributed by atoms with Gasteiger partial charge in [0, 0.05) is 25.7 Å². The predicted molar refractivity (Wildman–Crippen MR) is 197 cm³/mol. The SMILES string of the molecule is CCCOc1c2cccc1Cc1cccc(c1OC(=O)c1ccccc1)Cc1cccc(c1OC(=O)c1ccccc1)Cc1cccc(c1O)C2. The number of phenolic OH excluding ortho intramolecular Hbond substituents is 1. The van der Waals surface area contributed by atoms with Gasteiger partial charge in [0.15, 0.2) is 0 Å². The van der Waals surface area contributed by atoms with E-state index in [4.69, 9.17) is 14.2 Å². The Hall–Kier alpha value is -6.14. The van der Waals surface area contributed by atoms with Crippen LogP contribution in [-0.2, 0) is 25.7 Å². The van der Waals surface area contributed by atoms with Crippen LogP contribution in [-0.4, -0.2) is 23.7 Å². The van der Waals surface area contributed by atoms with Crippen LogP contribution in [0.25, 0.3) is 0 Å². The number of rotatable bonds is 7. The Morgan fingerprint density at radius 2 is 0.804 bits per heavy atom. The molecule has 0 radical (unpaired) electrons. The van der Waals surface area contributed by atoms with E-state index < -0.39 is 11.9 Å². The Labute approximate surface area is 297 Å². The topological polar surface area (TPSA) is 82.1 Å². The summed E-state index contributed by atoms with van der Waals surface area (Å²) in [6.45, 7) is 2.60. The molecule has 0 saturated heterocycles. The third kappa shape index (κ3) is 7.41. The average Bonchev–Trinajstić information content (AvgIpc) is 3.15. The third-order valence-corrected chi connectivity index (χ3v) is 9.12. The van der Waals surface area contributed by atoms with E-state index in [0.29, 0.717) is 60.5 Å². The van der Waals surface area contributed by atoms with Crippen LogP contribution in [0.5, 0.6) is 23.0 Å². The highest BCUT2D eigenvalue weighted by Gasteiger charge is 2.23. The first-order chi connectivity index (χ1) is 25.0. The van der Waals surface area contributed by atoms with E-state index >= 15 is 0 Å². The molecule has 6 nitrogen and oxygen atoms in total. The van der Waals surface area contributed by atoms with Crippen molar-refractivity contribution in [3.8, 4) is 23.0 Å². The van der Waals surface area contributed by atoms with Gasteiger partial charge in [-0.1, -0.05) is 116 Å². The molecular weight excluding hydrogens is 636 g/mol. The zero-order chi connectivity index (χ0) is 35.2. The summed E-state index contributed by atoms with van der Waals surface area (Å²) >= 11 is 0. The fourth-order valence-electron chi connectivity index (χ4n) is 6.60. The van der Waals surface area contributed by atoms with Crippen molar-refractivity contribution in [3.05, 3.63) is 189 Å². The number of esters is 2. The maximum atomic E-state index is 13.6. The zero-order valence-corrected chi connectivity index (χ0v) is 28.4. The molecule has 0 aliphatic heterocycles. The summed E-state index contributed by atoms with van der Waals surface area (Å²) in [5.74, 6) is 0.880. The number of carbonyl (C=O) groups is 2. The van der Waals surface area contributed by atoms with Gasteiger partial charge in [0.25, 0.3) is 0 Å². The smallest absolute Gasteiger partial charge is 0.343 e. The molecule has 0 aromatic heterocycles. The fourth-order valence-corrected chi connectivity index (χ4v) is 6.60. The van der Waals surface area contributed by atoms with Gasteiger partial charge in [-0.3, -0.25) is 0 Å². The van der Waals surface area contributed by atoms with E-state index in [1.54, 1.807) is 36.4 Å². The molecule has 0 atom stereocenters. The van der Waals surface area contributed by atoms with E-state index in [9.17, 15) is 14.7 Å². The molecular formula is C45H38O6. The number of phenols is 1. The molecule has 8 bridgehead atoms. The quantitative estimate of drug-likeness (QED) is 0.134. The minimum absolute atomic E-state index is 0.197. The second kappa shape index (κ2) is 15.2. The summed E-state index contributed by atoms with van der Waals surface area (Å²) in [6.07, 6.45) is 2.33. The number of hydrogen-bond donors (Lipinski definition) is 1. The van der Waals surface area contributed by atoms with Crippen LogP contribution in [0.4, 0.5) is 0 Å². The molecule has 6 heteroatoms. The largest absolute Gasteiger partial charge is 0.507 e. The van der Waals surface area contributed by atoms with Gasteiger partial charge in [0.05, 0.1) is 17.7 Å². The van der Waals surface area contributed by atoms with Gasteiger partial charge in [-0.2, -0.15) is 0 Å². The highest BCUT2D eigenvalue weighted by molar-refractivity contribution is 5.92. The van der Waals surface area contributed by atoms with Gasteiger partial charge in [-0.25, -0.2) is 9.59 Å². The summed E-state index contributed by atoms with van der Waals surface area (Å²) in [6, 6.07) is 41.3. The number of carbonyl (C=O) groups excluding carboxylic acids is 2. The van der Waals surface area contributed by atoms with Gasteiger partial charge >= 0.3 is 11.9 Å². The van der Waals surface area contributed by atoms with Gasteiger partial charge < -0.3 is 19.3 Å². The van der Waals surface area contributed by atoms with Gasteiger partial charge in [-0.05, 0) is 75.2 Å². The van der Waals surface area contributed by atoms with Crippen LogP contribution in [0, 0.1) is 0 Å². The number of benzene rings is 6. The molecule has 0 saturated carbocycles. The first-order valence-corrected chi connectivity index (χ1v) is 17.3. The van der Waals surface area contributed by atoms with Crippen LogP contribution < -0.4 is 14.2 Å². The maximum absolute atomic E-state index is 13.6. The Morgan fingerprint density at radius 1 is 0.471 bits per heavy atom. The fraction of sp³-hybridized carbons (Fsp3) is 0.156. The number of hydrogen-bond acceptors (Lipinski definition) is 6. The van der Waals surface area contributed by atoms with E-state index in [-0.39, 0.29) is 5.75 Å². The van der Waals surface area contributed by atoms with Gasteiger partial charge in [0.1, 0.15) is 23.0 Å². The normalized spacial score (nSPS) is 12.1. The summed E-state index contributed by atoms with van der Waals surface area (Å²) < 4.78 is 18.9. The summed E-state index contributed by atoms with van der Waals surface area (Å²) in [7, 11) is 0. The molecule has 6 aromatic carbocycles. The lowest BCUT2D eigenvalue weighted by molar-refractivity contribution is 0.0724. The third-order valence-electron chi connectivity index (χ3n) is 9.12. The number of aromatic hydroxyl groups is 1.